The number of anilines is 1. The highest BCUT2D eigenvalue weighted by molar-refractivity contribution is 6.34. The molecule has 160 valence electrons. The summed E-state index contributed by atoms with van der Waals surface area (Å²) in [6.45, 7) is 6.19. The number of hydrogen-bond donors (Lipinski definition) is 2. The van der Waals surface area contributed by atoms with Gasteiger partial charge in [0, 0.05) is 22.2 Å². The fourth-order valence-electron chi connectivity index (χ4n) is 3.16. The molecule has 1 amide bonds. The van der Waals surface area contributed by atoms with E-state index in [9.17, 15) is 4.79 Å². The van der Waals surface area contributed by atoms with E-state index in [0.29, 0.717) is 38.5 Å². The highest BCUT2D eigenvalue weighted by atomic mass is 35.5. The first-order valence-corrected chi connectivity index (χ1v) is 10.3. The zero-order chi connectivity index (χ0) is 22.3. The van der Waals surface area contributed by atoms with Gasteiger partial charge in [0.2, 0.25) is 0 Å². The monoisotopic (exact) mass is 457 g/mol. The largest absolute Gasteiger partial charge is 0.495 e. The molecule has 7 nitrogen and oxygen atoms in total. The van der Waals surface area contributed by atoms with Gasteiger partial charge in [0.1, 0.15) is 10.8 Å². The number of rotatable bonds is 4. The van der Waals surface area contributed by atoms with Gasteiger partial charge in [-0.1, -0.05) is 56.1 Å². The Morgan fingerprint density at radius 2 is 1.94 bits per heavy atom. The van der Waals surface area contributed by atoms with E-state index >= 15 is 0 Å². The second-order valence-electron chi connectivity index (χ2n) is 8.11. The zero-order valence-electron chi connectivity index (χ0n) is 17.5. The van der Waals surface area contributed by atoms with Gasteiger partial charge in [0.15, 0.2) is 11.5 Å². The molecule has 0 atom stereocenters. The number of nitrogens with zero attached hydrogens (tertiary/aromatic N) is 3. The second-order valence-corrected chi connectivity index (χ2v) is 8.89. The van der Waals surface area contributed by atoms with E-state index in [-0.39, 0.29) is 11.3 Å². The molecule has 4 aromatic rings. The molecule has 0 aliphatic carbocycles. The molecule has 2 N–H and O–H groups in total. The van der Waals surface area contributed by atoms with Crippen LogP contribution in [-0.2, 0) is 5.41 Å². The van der Waals surface area contributed by atoms with E-state index in [4.69, 9.17) is 27.9 Å². The molecule has 0 fully saturated rings. The molecule has 2 aromatic carbocycles. The number of carbonyl (C=O) groups is 1. The lowest BCUT2D eigenvalue weighted by Crippen LogP contribution is -2.13. The zero-order valence-corrected chi connectivity index (χ0v) is 19.0. The minimum atomic E-state index is -0.283. The van der Waals surface area contributed by atoms with Gasteiger partial charge in [-0.3, -0.25) is 9.89 Å². The number of methoxy groups -OCH3 is 1. The van der Waals surface area contributed by atoms with Crippen molar-refractivity contribution >= 4 is 40.4 Å². The molecule has 2 heterocycles. The number of benzene rings is 2. The summed E-state index contributed by atoms with van der Waals surface area (Å²) in [6, 6.07) is 12.1. The Bertz CT molecular complexity index is 1290. The maximum absolute atomic E-state index is 12.6. The summed E-state index contributed by atoms with van der Waals surface area (Å²) in [5, 5.41) is 11.6. The molecule has 0 bridgehead atoms. The Balaban J connectivity index is 1.61. The van der Waals surface area contributed by atoms with Crippen LogP contribution in [0, 0.1) is 0 Å². The van der Waals surface area contributed by atoms with Crippen molar-refractivity contribution in [1.29, 1.82) is 0 Å². The van der Waals surface area contributed by atoms with Gasteiger partial charge in [-0.25, -0.2) is 4.98 Å². The summed E-state index contributed by atoms with van der Waals surface area (Å²) >= 11 is 12.6. The smallest absolute Gasteiger partial charge is 0.255 e. The Labute approximate surface area is 189 Å². The molecular weight excluding hydrogens is 437 g/mol. The summed E-state index contributed by atoms with van der Waals surface area (Å²) in [4.78, 5) is 17.2. The minimum absolute atomic E-state index is 0.159. The number of H-pyrrole nitrogens is 1. The normalized spacial score (nSPS) is 11.7. The van der Waals surface area contributed by atoms with E-state index in [1.165, 1.54) is 7.11 Å². The predicted octanol–water partition coefficient (Wildman–Crippen LogP) is 5.59. The van der Waals surface area contributed by atoms with Crippen molar-refractivity contribution in [2.24, 2.45) is 0 Å². The lowest BCUT2D eigenvalue weighted by molar-refractivity contribution is 0.102. The van der Waals surface area contributed by atoms with Gasteiger partial charge in [-0.15, -0.1) is 5.10 Å². The average molecular weight is 458 g/mol. The quantitative estimate of drug-likeness (QED) is 0.418. The first-order chi connectivity index (χ1) is 14.7. The molecule has 0 aliphatic heterocycles. The molecule has 2 aromatic heterocycles. The Morgan fingerprint density at radius 1 is 1.16 bits per heavy atom. The molecule has 0 aliphatic rings. The van der Waals surface area contributed by atoms with Crippen LogP contribution in [0.5, 0.6) is 5.75 Å². The number of aromatic amines is 1. The van der Waals surface area contributed by atoms with Crippen molar-refractivity contribution in [2.45, 2.75) is 26.2 Å². The fourth-order valence-corrected chi connectivity index (χ4v) is 3.80. The van der Waals surface area contributed by atoms with Crippen LogP contribution in [0.25, 0.3) is 17.0 Å². The number of ether oxygens (including phenoxy) is 1. The number of aromatic nitrogens is 4. The van der Waals surface area contributed by atoms with Crippen LogP contribution in [-0.4, -0.2) is 32.8 Å². The Kier molecular flexibility index (Phi) is 5.41. The highest BCUT2D eigenvalue weighted by Gasteiger charge is 2.24. The first kappa shape index (κ1) is 21.2. The van der Waals surface area contributed by atoms with Gasteiger partial charge >= 0.3 is 0 Å². The van der Waals surface area contributed by atoms with Crippen LogP contribution in [0.1, 0.15) is 36.8 Å². The average Bonchev–Trinajstić information content (AvgIpc) is 3.28. The van der Waals surface area contributed by atoms with Crippen molar-refractivity contribution in [3.63, 3.8) is 0 Å². The third kappa shape index (κ3) is 4.11. The van der Waals surface area contributed by atoms with E-state index in [0.717, 1.165) is 11.3 Å². The highest BCUT2D eigenvalue weighted by Crippen LogP contribution is 2.32. The maximum atomic E-state index is 12.6. The molecule has 4 rings (SSSR count). The van der Waals surface area contributed by atoms with Crippen LogP contribution < -0.4 is 10.1 Å². The predicted molar refractivity (Wildman–Crippen MR) is 122 cm³/mol. The van der Waals surface area contributed by atoms with Crippen molar-refractivity contribution in [2.75, 3.05) is 12.4 Å². The number of fused-ring (bicyclic) bond motifs is 1. The van der Waals surface area contributed by atoms with Gasteiger partial charge < -0.3 is 10.1 Å². The lowest BCUT2D eigenvalue weighted by atomic mass is 9.92. The molecule has 31 heavy (non-hydrogen) atoms. The van der Waals surface area contributed by atoms with Crippen molar-refractivity contribution in [3.05, 3.63) is 63.8 Å². The van der Waals surface area contributed by atoms with Gasteiger partial charge in [-0.2, -0.15) is 4.63 Å². The summed E-state index contributed by atoms with van der Waals surface area (Å²) in [6.07, 6.45) is 0. The standard InChI is InChI=1S/C22H21Cl2N5O2/c1-22(2,3)18-17(24)20-26-19(28-29(20)27-18)12-6-5-7-14(10-12)25-21(30)13-8-9-15(23)16(11-13)31-4/h5-11,27H,1-4H3,(H,25,30). The number of carbonyl (C=O) groups excluding carboxylic acids is 1. The third-order valence-corrected chi connectivity index (χ3v) is 5.45. The van der Waals surface area contributed by atoms with Crippen molar-refractivity contribution < 1.29 is 9.53 Å². The third-order valence-electron chi connectivity index (χ3n) is 4.78. The number of amides is 1. The second kappa shape index (κ2) is 7.90. The van der Waals surface area contributed by atoms with Crippen LogP contribution in [0.3, 0.4) is 0 Å². The van der Waals surface area contributed by atoms with Crippen LogP contribution in [0.15, 0.2) is 42.5 Å². The van der Waals surface area contributed by atoms with E-state index < -0.39 is 0 Å². The lowest BCUT2D eigenvalue weighted by Gasteiger charge is -2.16. The number of halogens is 2. The van der Waals surface area contributed by atoms with Crippen molar-refractivity contribution in [3.8, 4) is 17.1 Å². The molecule has 0 spiro atoms. The summed E-state index contributed by atoms with van der Waals surface area (Å²) < 4.78 is 6.75. The minimum Gasteiger partial charge on any atom is -0.495 e. The molecule has 0 unspecified atom stereocenters. The number of nitrogens with one attached hydrogen (secondary N) is 2. The van der Waals surface area contributed by atoms with Crippen LogP contribution in [0.4, 0.5) is 5.69 Å². The Morgan fingerprint density at radius 3 is 2.61 bits per heavy atom. The first-order valence-electron chi connectivity index (χ1n) is 9.57. The van der Waals surface area contributed by atoms with Crippen LogP contribution >= 0.6 is 23.2 Å². The molecule has 0 radical (unpaired) electrons. The summed E-state index contributed by atoms with van der Waals surface area (Å²) in [5.41, 5.74) is 3.06. The van der Waals surface area contributed by atoms with E-state index in [1.807, 2.05) is 12.1 Å². The molecule has 0 saturated carbocycles. The molecule has 0 saturated heterocycles. The Hall–Kier alpha value is -3.03. The summed E-state index contributed by atoms with van der Waals surface area (Å²) in [7, 11) is 1.50. The summed E-state index contributed by atoms with van der Waals surface area (Å²) in [5.74, 6) is 0.652. The van der Waals surface area contributed by atoms with Crippen molar-refractivity contribution in [1.82, 2.24) is 19.8 Å². The topological polar surface area (TPSA) is 84.3 Å². The SMILES string of the molecule is COc1cc(C(=O)Nc2cccc(-c3nc4c(Cl)c(C(C)(C)C)[nH]n4n3)c2)ccc1Cl. The molecule has 9 heteroatoms. The van der Waals surface area contributed by atoms with Gasteiger partial charge in [0.05, 0.1) is 17.8 Å². The van der Waals surface area contributed by atoms with Gasteiger partial charge in [0.25, 0.3) is 5.91 Å². The molecular formula is C22H21Cl2N5O2. The van der Waals surface area contributed by atoms with Crippen LogP contribution in [0.2, 0.25) is 10.0 Å². The van der Waals surface area contributed by atoms with E-state index in [1.54, 1.807) is 35.0 Å². The van der Waals surface area contributed by atoms with E-state index in [2.05, 4.69) is 41.3 Å². The number of hydrogen-bond acceptors (Lipinski definition) is 4. The maximum Gasteiger partial charge on any atom is 0.255 e. The fraction of sp³-hybridized carbons (Fsp3) is 0.227. The van der Waals surface area contributed by atoms with Gasteiger partial charge in [-0.05, 0) is 30.3 Å².